The normalized spacial score (nSPS) is 19.5. The monoisotopic (exact) mass is 326 g/mol. The lowest BCUT2D eigenvalue weighted by atomic mass is 10.1. The molecule has 1 atom stereocenters. The number of likely N-dealkylation sites (N-methyl/N-ethyl adjacent to an activating group) is 1. The number of halogens is 1. The van der Waals surface area contributed by atoms with Gasteiger partial charge in [0.1, 0.15) is 0 Å². The highest BCUT2D eigenvalue weighted by Crippen LogP contribution is 2.14. The molecule has 104 valence electrons. The van der Waals surface area contributed by atoms with Gasteiger partial charge in [-0.05, 0) is 24.7 Å². The summed E-state index contributed by atoms with van der Waals surface area (Å²) in [6.07, 6.45) is 0.552. The Morgan fingerprint density at radius 3 is 3.16 bits per heavy atom. The highest BCUT2D eigenvalue weighted by atomic mass is 79.9. The predicted octanol–water partition coefficient (Wildman–Crippen LogP) is 1.44. The minimum absolute atomic E-state index is 0.102. The fraction of sp³-hybridized carbons (Fsp3) is 0.500. The molecule has 0 radical (unpaired) electrons. The molecule has 1 amide bonds. The van der Waals surface area contributed by atoms with E-state index in [1.807, 2.05) is 36.2 Å². The SMILES string of the molecule is CNCC1CN(C(=O)Cc2cccc(Br)c2)CCO1. The van der Waals surface area contributed by atoms with Crippen LogP contribution in [-0.4, -0.2) is 50.2 Å². The summed E-state index contributed by atoms with van der Waals surface area (Å²) < 4.78 is 6.61. The van der Waals surface area contributed by atoms with Crippen molar-refractivity contribution in [2.24, 2.45) is 0 Å². The van der Waals surface area contributed by atoms with E-state index in [9.17, 15) is 4.79 Å². The number of morpholine rings is 1. The third-order valence-corrected chi connectivity index (χ3v) is 3.66. The number of nitrogens with one attached hydrogen (secondary N) is 1. The van der Waals surface area contributed by atoms with Crippen LogP contribution in [0.1, 0.15) is 5.56 Å². The summed E-state index contributed by atoms with van der Waals surface area (Å²) in [6.45, 7) is 2.76. The van der Waals surface area contributed by atoms with Gasteiger partial charge >= 0.3 is 0 Å². The summed E-state index contributed by atoms with van der Waals surface area (Å²) in [5, 5.41) is 3.08. The summed E-state index contributed by atoms with van der Waals surface area (Å²) in [5.41, 5.74) is 1.04. The van der Waals surface area contributed by atoms with E-state index in [0.29, 0.717) is 26.1 Å². The second-order valence-electron chi connectivity index (χ2n) is 4.70. The number of benzene rings is 1. The number of carbonyl (C=O) groups excluding carboxylic acids is 1. The molecule has 1 fully saturated rings. The molecule has 0 saturated carbocycles. The van der Waals surface area contributed by atoms with Crippen LogP contribution in [0.25, 0.3) is 0 Å². The van der Waals surface area contributed by atoms with E-state index >= 15 is 0 Å². The Morgan fingerprint density at radius 1 is 1.58 bits per heavy atom. The highest BCUT2D eigenvalue weighted by molar-refractivity contribution is 9.10. The molecule has 4 nitrogen and oxygen atoms in total. The topological polar surface area (TPSA) is 41.6 Å². The molecule has 1 unspecified atom stereocenters. The van der Waals surface area contributed by atoms with Gasteiger partial charge in [0.2, 0.25) is 5.91 Å². The average molecular weight is 327 g/mol. The van der Waals surface area contributed by atoms with E-state index in [1.54, 1.807) is 0 Å². The number of nitrogens with zero attached hydrogens (tertiary/aromatic N) is 1. The largest absolute Gasteiger partial charge is 0.373 e. The van der Waals surface area contributed by atoms with E-state index < -0.39 is 0 Å². The van der Waals surface area contributed by atoms with Crippen LogP contribution in [0.3, 0.4) is 0 Å². The Hall–Kier alpha value is -0.910. The predicted molar refractivity (Wildman–Crippen MR) is 78.1 cm³/mol. The third-order valence-electron chi connectivity index (χ3n) is 3.17. The lowest BCUT2D eigenvalue weighted by molar-refractivity contribution is -0.137. The molecule has 1 saturated heterocycles. The van der Waals surface area contributed by atoms with Crippen LogP contribution in [0.15, 0.2) is 28.7 Å². The minimum atomic E-state index is 0.102. The molecule has 0 bridgehead atoms. The molecule has 1 aromatic rings. The van der Waals surface area contributed by atoms with Gasteiger partial charge in [0.15, 0.2) is 0 Å². The summed E-state index contributed by atoms with van der Waals surface area (Å²) in [6, 6.07) is 7.89. The number of amides is 1. The summed E-state index contributed by atoms with van der Waals surface area (Å²) >= 11 is 3.43. The van der Waals surface area contributed by atoms with Gasteiger partial charge in [-0.3, -0.25) is 4.79 Å². The average Bonchev–Trinajstić information content (AvgIpc) is 2.39. The smallest absolute Gasteiger partial charge is 0.227 e. The quantitative estimate of drug-likeness (QED) is 0.910. The Morgan fingerprint density at radius 2 is 2.42 bits per heavy atom. The van der Waals surface area contributed by atoms with Gasteiger partial charge in [-0.1, -0.05) is 28.1 Å². The van der Waals surface area contributed by atoms with Crippen LogP contribution in [0.5, 0.6) is 0 Å². The fourth-order valence-electron chi connectivity index (χ4n) is 2.23. The molecule has 1 N–H and O–H groups in total. The zero-order valence-electron chi connectivity index (χ0n) is 11.1. The highest BCUT2D eigenvalue weighted by Gasteiger charge is 2.23. The lowest BCUT2D eigenvalue weighted by Gasteiger charge is -2.33. The molecular formula is C14H19BrN2O2. The first kappa shape index (κ1) is 14.5. The Labute approximate surface area is 122 Å². The van der Waals surface area contributed by atoms with Gasteiger partial charge in [-0.15, -0.1) is 0 Å². The molecule has 0 aliphatic carbocycles. The minimum Gasteiger partial charge on any atom is -0.373 e. The van der Waals surface area contributed by atoms with Crippen LogP contribution in [0.2, 0.25) is 0 Å². The van der Waals surface area contributed by atoms with Crippen molar-refractivity contribution in [3.05, 3.63) is 34.3 Å². The van der Waals surface area contributed by atoms with E-state index in [0.717, 1.165) is 16.6 Å². The van der Waals surface area contributed by atoms with Gasteiger partial charge in [0.25, 0.3) is 0 Å². The Balaban J connectivity index is 1.92. The van der Waals surface area contributed by atoms with E-state index in [2.05, 4.69) is 21.2 Å². The maximum absolute atomic E-state index is 12.3. The molecule has 2 rings (SSSR count). The maximum atomic E-state index is 12.3. The van der Waals surface area contributed by atoms with Crippen LogP contribution in [0.4, 0.5) is 0 Å². The molecule has 0 aromatic heterocycles. The van der Waals surface area contributed by atoms with E-state index in [-0.39, 0.29) is 12.0 Å². The molecular weight excluding hydrogens is 308 g/mol. The zero-order chi connectivity index (χ0) is 13.7. The molecule has 5 heteroatoms. The number of hydrogen-bond acceptors (Lipinski definition) is 3. The van der Waals surface area contributed by atoms with Crippen molar-refractivity contribution >= 4 is 21.8 Å². The zero-order valence-corrected chi connectivity index (χ0v) is 12.6. The number of carbonyl (C=O) groups is 1. The van der Waals surface area contributed by atoms with Crippen molar-refractivity contribution in [3.63, 3.8) is 0 Å². The van der Waals surface area contributed by atoms with Crippen LogP contribution in [0, 0.1) is 0 Å². The number of rotatable bonds is 4. The second-order valence-corrected chi connectivity index (χ2v) is 5.61. The Bertz CT molecular complexity index is 437. The lowest BCUT2D eigenvalue weighted by Crippen LogP contribution is -2.49. The van der Waals surface area contributed by atoms with Gasteiger partial charge < -0.3 is 15.0 Å². The number of hydrogen-bond donors (Lipinski definition) is 1. The third kappa shape index (κ3) is 4.30. The van der Waals surface area contributed by atoms with Gasteiger partial charge in [0.05, 0.1) is 19.1 Å². The van der Waals surface area contributed by atoms with Crippen LogP contribution < -0.4 is 5.32 Å². The molecule has 19 heavy (non-hydrogen) atoms. The first-order valence-electron chi connectivity index (χ1n) is 6.47. The fourth-order valence-corrected chi connectivity index (χ4v) is 2.68. The molecule has 1 aliphatic heterocycles. The summed E-state index contributed by atoms with van der Waals surface area (Å²) in [7, 11) is 1.89. The molecule has 1 aliphatic rings. The first-order valence-corrected chi connectivity index (χ1v) is 7.27. The van der Waals surface area contributed by atoms with Crippen molar-refractivity contribution in [2.75, 3.05) is 33.3 Å². The number of ether oxygens (including phenoxy) is 1. The van der Waals surface area contributed by atoms with Gasteiger partial charge in [-0.25, -0.2) is 0 Å². The van der Waals surface area contributed by atoms with Crippen molar-refractivity contribution in [3.8, 4) is 0 Å². The molecule has 1 heterocycles. The summed E-state index contributed by atoms with van der Waals surface area (Å²) in [4.78, 5) is 14.2. The van der Waals surface area contributed by atoms with Crippen molar-refractivity contribution < 1.29 is 9.53 Å². The van der Waals surface area contributed by atoms with E-state index in [1.165, 1.54) is 0 Å². The second kappa shape index (κ2) is 7.03. The molecule has 1 aromatic carbocycles. The van der Waals surface area contributed by atoms with Gasteiger partial charge in [0, 0.05) is 24.1 Å². The standard InChI is InChI=1S/C14H19BrN2O2/c1-16-9-13-10-17(5-6-19-13)14(18)8-11-3-2-4-12(15)7-11/h2-4,7,13,16H,5-6,8-10H2,1H3. The maximum Gasteiger partial charge on any atom is 0.227 e. The van der Waals surface area contributed by atoms with Crippen molar-refractivity contribution in [1.29, 1.82) is 0 Å². The van der Waals surface area contributed by atoms with Crippen molar-refractivity contribution in [1.82, 2.24) is 10.2 Å². The van der Waals surface area contributed by atoms with E-state index in [4.69, 9.17) is 4.74 Å². The summed E-state index contributed by atoms with van der Waals surface area (Å²) in [5.74, 6) is 0.169. The van der Waals surface area contributed by atoms with Crippen LogP contribution >= 0.6 is 15.9 Å². The van der Waals surface area contributed by atoms with Gasteiger partial charge in [-0.2, -0.15) is 0 Å². The first-order chi connectivity index (χ1) is 9.19. The Kier molecular flexibility index (Phi) is 5.36. The molecule has 0 spiro atoms. The van der Waals surface area contributed by atoms with Crippen LogP contribution in [-0.2, 0) is 16.0 Å². The van der Waals surface area contributed by atoms with Crippen molar-refractivity contribution in [2.45, 2.75) is 12.5 Å².